The fraction of sp³-hybridized carbons (Fsp3) is 0.310. The van der Waals surface area contributed by atoms with Crippen molar-refractivity contribution >= 4 is 27.5 Å². The molecule has 0 saturated carbocycles. The highest BCUT2D eigenvalue weighted by atomic mass is 32.2. The molecule has 1 unspecified atom stereocenters. The van der Waals surface area contributed by atoms with E-state index in [9.17, 15) is 18.0 Å². The van der Waals surface area contributed by atoms with Crippen molar-refractivity contribution in [3.05, 3.63) is 96.1 Å². The van der Waals surface area contributed by atoms with E-state index in [1.807, 2.05) is 44.2 Å². The molecule has 0 spiro atoms. The Balaban J connectivity index is 1.96. The average molecular weight is 522 g/mol. The number of carbonyl (C=O) groups excluding carboxylic acids is 2. The van der Waals surface area contributed by atoms with Crippen LogP contribution in [-0.2, 0) is 26.2 Å². The zero-order valence-electron chi connectivity index (χ0n) is 21.6. The zero-order chi connectivity index (χ0) is 26.8. The first-order valence-corrected chi connectivity index (χ1v) is 13.9. The van der Waals surface area contributed by atoms with Crippen LogP contribution in [0.4, 0.5) is 5.69 Å². The fourth-order valence-corrected chi connectivity index (χ4v) is 5.29. The van der Waals surface area contributed by atoms with Crippen LogP contribution < -0.4 is 9.62 Å². The second-order valence-electron chi connectivity index (χ2n) is 8.99. The van der Waals surface area contributed by atoms with Crippen LogP contribution in [0.3, 0.4) is 0 Å². The summed E-state index contributed by atoms with van der Waals surface area (Å²) in [4.78, 5) is 28.2. The van der Waals surface area contributed by atoms with Gasteiger partial charge < -0.3 is 10.2 Å². The minimum atomic E-state index is -4.05. The number of carbonyl (C=O) groups is 2. The summed E-state index contributed by atoms with van der Waals surface area (Å²) in [5, 5.41) is 2.89. The van der Waals surface area contributed by atoms with E-state index in [1.165, 1.54) is 17.0 Å². The maximum absolute atomic E-state index is 13.8. The molecule has 3 rings (SSSR count). The summed E-state index contributed by atoms with van der Waals surface area (Å²) in [6.07, 6.45) is 1.77. The van der Waals surface area contributed by atoms with E-state index >= 15 is 0 Å². The summed E-state index contributed by atoms with van der Waals surface area (Å²) in [5.41, 5.74) is 2.19. The van der Waals surface area contributed by atoms with Crippen molar-refractivity contribution in [1.29, 1.82) is 0 Å². The number of nitrogens with one attached hydrogen (secondary N) is 1. The lowest BCUT2D eigenvalue weighted by atomic mass is 10.1. The number of rotatable bonds is 12. The van der Waals surface area contributed by atoms with Gasteiger partial charge in [0.05, 0.1) is 10.6 Å². The van der Waals surface area contributed by atoms with Crippen molar-refractivity contribution < 1.29 is 18.0 Å². The Bertz CT molecular complexity index is 1260. The molecule has 0 aliphatic carbocycles. The number of sulfonamides is 1. The highest BCUT2D eigenvalue weighted by molar-refractivity contribution is 7.92. The Labute approximate surface area is 220 Å². The molecule has 7 nitrogen and oxygen atoms in total. The van der Waals surface area contributed by atoms with Crippen molar-refractivity contribution in [3.8, 4) is 0 Å². The zero-order valence-corrected chi connectivity index (χ0v) is 22.4. The summed E-state index contributed by atoms with van der Waals surface area (Å²) in [7, 11) is -4.05. The van der Waals surface area contributed by atoms with Gasteiger partial charge in [0.1, 0.15) is 12.6 Å². The summed E-state index contributed by atoms with van der Waals surface area (Å²) < 4.78 is 28.5. The van der Waals surface area contributed by atoms with Gasteiger partial charge >= 0.3 is 0 Å². The number of benzene rings is 3. The van der Waals surface area contributed by atoms with Crippen molar-refractivity contribution in [2.24, 2.45) is 0 Å². The number of nitrogens with zero attached hydrogens (tertiary/aromatic N) is 2. The minimum Gasteiger partial charge on any atom is -0.354 e. The van der Waals surface area contributed by atoms with E-state index in [2.05, 4.69) is 5.32 Å². The first-order chi connectivity index (χ1) is 17.7. The van der Waals surface area contributed by atoms with Gasteiger partial charge in [-0.25, -0.2) is 8.42 Å². The maximum Gasteiger partial charge on any atom is 0.264 e. The highest BCUT2D eigenvalue weighted by Gasteiger charge is 2.32. The number of hydrogen-bond donors (Lipinski definition) is 1. The number of unbranched alkanes of at least 4 members (excludes halogenated alkanes) is 1. The average Bonchev–Trinajstić information content (AvgIpc) is 2.91. The third-order valence-electron chi connectivity index (χ3n) is 6.12. The molecule has 0 saturated heterocycles. The van der Waals surface area contributed by atoms with Gasteiger partial charge in [0, 0.05) is 13.1 Å². The van der Waals surface area contributed by atoms with Crippen molar-refractivity contribution in [2.45, 2.75) is 51.1 Å². The lowest BCUT2D eigenvalue weighted by molar-refractivity contribution is -0.139. The number of aryl methyl sites for hydroxylation is 1. The van der Waals surface area contributed by atoms with Gasteiger partial charge in [0.25, 0.3) is 10.0 Å². The van der Waals surface area contributed by atoms with Crippen LogP contribution in [0, 0.1) is 6.92 Å². The van der Waals surface area contributed by atoms with Gasteiger partial charge in [-0.2, -0.15) is 0 Å². The summed E-state index contributed by atoms with van der Waals surface area (Å²) in [6.45, 7) is 5.86. The van der Waals surface area contributed by atoms with Gasteiger partial charge in [0.2, 0.25) is 11.8 Å². The lowest BCUT2D eigenvalue weighted by Gasteiger charge is -2.32. The number of amides is 2. The third kappa shape index (κ3) is 7.43. The van der Waals surface area contributed by atoms with E-state index in [-0.39, 0.29) is 17.3 Å². The molecule has 0 fully saturated rings. The molecule has 8 heteroatoms. The number of anilines is 1. The molecular formula is C29H35N3O4S. The van der Waals surface area contributed by atoms with Crippen molar-refractivity contribution in [1.82, 2.24) is 10.2 Å². The van der Waals surface area contributed by atoms with Gasteiger partial charge in [-0.1, -0.05) is 79.6 Å². The van der Waals surface area contributed by atoms with Crippen LogP contribution >= 0.6 is 0 Å². The van der Waals surface area contributed by atoms with E-state index in [0.29, 0.717) is 12.2 Å². The van der Waals surface area contributed by atoms with Crippen LogP contribution in [0.1, 0.15) is 37.8 Å². The van der Waals surface area contributed by atoms with Gasteiger partial charge in [-0.15, -0.1) is 0 Å². The highest BCUT2D eigenvalue weighted by Crippen LogP contribution is 2.25. The van der Waals surface area contributed by atoms with E-state index < -0.39 is 28.5 Å². The quantitative estimate of drug-likeness (QED) is 0.355. The predicted molar refractivity (Wildman–Crippen MR) is 147 cm³/mol. The van der Waals surface area contributed by atoms with Gasteiger partial charge in [-0.05, 0) is 50.1 Å². The molecule has 3 aromatic carbocycles. The number of hydrogen-bond acceptors (Lipinski definition) is 4. The standard InChI is InChI=1S/C29H35N3O4S/c1-4-5-20-30-29(34)24(3)31(21-25-12-8-6-9-13-25)28(33)22-32(26-18-16-23(2)17-19-26)37(35,36)27-14-10-7-11-15-27/h6-19,24H,4-5,20-22H2,1-3H3,(H,30,34). The molecule has 1 atom stereocenters. The first-order valence-electron chi connectivity index (χ1n) is 12.5. The van der Waals surface area contributed by atoms with Crippen LogP contribution in [0.2, 0.25) is 0 Å². The molecule has 0 heterocycles. The normalized spacial score (nSPS) is 12.0. The van der Waals surface area contributed by atoms with Gasteiger partial charge in [0.15, 0.2) is 0 Å². The van der Waals surface area contributed by atoms with Crippen LogP contribution in [-0.4, -0.2) is 44.3 Å². The monoisotopic (exact) mass is 521 g/mol. The fourth-order valence-electron chi connectivity index (χ4n) is 3.86. The third-order valence-corrected chi connectivity index (χ3v) is 7.91. The first kappa shape index (κ1) is 27.9. The molecule has 0 radical (unpaired) electrons. The van der Waals surface area contributed by atoms with Gasteiger partial charge in [-0.3, -0.25) is 13.9 Å². The minimum absolute atomic E-state index is 0.0864. The molecule has 1 N–H and O–H groups in total. The Morgan fingerprint density at radius 1 is 0.892 bits per heavy atom. The molecule has 0 aromatic heterocycles. The SMILES string of the molecule is CCCCNC(=O)C(C)N(Cc1ccccc1)C(=O)CN(c1ccc(C)cc1)S(=O)(=O)c1ccccc1. The smallest absolute Gasteiger partial charge is 0.264 e. The molecule has 0 aliphatic rings. The maximum atomic E-state index is 13.8. The molecule has 2 amide bonds. The van der Waals surface area contributed by atoms with Crippen LogP contribution in [0.25, 0.3) is 0 Å². The van der Waals surface area contributed by atoms with Crippen molar-refractivity contribution in [2.75, 3.05) is 17.4 Å². The molecule has 37 heavy (non-hydrogen) atoms. The molecule has 0 bridgehead atoms. The Morgan fingerprint density at radius 2 is 1.49 bits per heavy atom. The summed E-state index contributed by atoms with van der Waals surface area (Å²) >= 11 is 0. The summed E-state index contributed by atoms with van der Waals surface area (Å²) in [6, 6.07) is 23.6. The Hall–Kier alpha value is -3.65. The van der Waals surface area contributed by atoms with Crippen LogP contribution in [0.15, 0.2) is 89.8 Å². The topological polar surface area (TPSA) is 86.8 Å². The Morgan fingerprint density at radius 3 is 2.08 bits per heavy atom. The van der Waals surface area contributed by atoms with E-state index in [4.69, 9.17) is 0 Å². The van der Waals surface area contributed by atoms with E-state index in [1.54, 1.807) is 49.4 Å². The Kier molecular flexibility index (Phi) is 9.85. The molecular weight excluding hydrogens is 486 g/mol. The molecule has 196 valence electrons. The molecule has 0 aliphatic heterocycles. The largest absolute Gasteiger partial charge is 0.354 e. The predicted octanol–water partition coefficient (Wildman–Crippen LogP) is 4.52. The second kappa shape index (κ2) is 13.1. The second-order valence-corrected chi connectivity index (χ2v) is 10.9. The van der Waals surface area contributed by atoms with E-state index in [0.717, 1.165) is 28.3 Å². The summed E-state index contributed by atoms with van der Waals surface area (Å²) in [5.74, 6) is -0.743. The molecule has 3 aromatic rings. The lowest BCUT2D eigenvalue weighted by Crippen LogP contribution is -2.51. The van der Waals surface area contributed by atoms with Crippen LogP contribution in [0.5, 0.6) is 0 Å². The van der Waals surface area contributed by atoms with Crippen molar-refractivity contribution in [3.63, 3.8) is 0 Å².